The molecule has 0 radical (unpaired) electrons. The van der Waals surface area contributed by atoms with Crippen LogP contribution in [0.3, 0.4) is 0 Å². The number of aliphatic hydroxyl groups excluding tert-OH is 2. The maximum Gasteiger partial charge on any atom is 0.320 e. The van der Waals surface area contributed by atoms with Crippen LogP contribution in [0.25, 0.3) is 11.2 Å². The number of carboxylic acid groups (broad SMARTS) is 1. The van der Waals surface area contributed by atoms with Crippen LogP contribution in [0.2, 0.25) is 0 Å². The summed E-state index contributed by atoms with van der Waals surface area (Å²) in [5, 5.41) is 38.1. The van der Waals surface area contributed by atoms with E-state index >= 15 is 0 Å². The number of aliphatic carboxylic acids is 1. The van der Waals surface area contributed by atoms with Gasteiger partial charge in [-0.3, -0.25) is 19.0 Å². The molecule has 1 saturated heterocycles. The number of unbranched alkanes of at least 4 members (excludes halogenated alkanes) is 2. The molecule has 2 amide bonds. The maximum absolute atomic E-state index is 12.5. The molecule has 0 unspecified atom stereocenters. The second kappa shape index (κ2) is 15.2. The predicted octanol–water partition coefficient (Wildman–Crippen LogP) is -3.42. The Balaban J connectivity index is 1.52. The van der Waals surface area contributed by atoms with Crippen molar-refractivity contribution in [2.24, 2.45) is 5.73 Å². The largest absolute Gasteiger partial charge is 0.480 e. The van der Waals surface area contributed by atoms with Crippen molar-refractivity contribution in [3.05, 3.63) is 6.33 Å². The van der Waals surface area contributed by atoms with Gasteiger partial charge in [-0.15, -0.1) is 0 Å². The summed E-state index contributed by atoms with van der Waals surface area (Å²) in [6, 6.07) is -1.18. The molecule has 3 heterocycles. The summed E-state index contributed by atoms with van der Waals surface area (Å²) in [5.41, 5.74) is 11.8. The van der Waals surface area contributed by atoms with E-state index in [-0.39, 0.29) is 61.3 Å². The van der Waals surface area contributed by atoms with Crippen LogP contribution < -0.4 is 32.1 Å². The quantitative estimate of drug-likeness (QED) is 0.0769. The molecule has 19 nitrogen and oxygen atoms in total. The predicted molar refractivity (Wildman–Crippen MR) is 152 cm³/mol. The summed E-state index contributed by atoms with van der Waals surface area (Å²) in [5.74, 6) is -2.05. The van der Waals surface area contributed by atoms with Gasteiger partial charge in [0, 0.05) is 32.6 Å². The van der Waals surface area contributed by atoms with Crippen LogP contribution in [0.5, 0.6) is 0 Å². The molecule has 0 bridgehead atoms. The Morgan fingerprint density at radius 3 is 2.51 bits per heavy atom. The maximum atomic E-state index is 12.5. The number of imidazole rings is 1. The molecule has 0 aliphatic carbocycles. The van der Waals surface area contributed by atoms with E-state index in [0.29, 0.717) is 25.8 Å². The normalized spacial score (nSPS) is 21.0. The number of nitrogens with zero attached hydrogens (tertiary/aromatic N) is 4. The minimum absolute atomic E-state index is 0.0118. The molecule has 240 valence electrons. The van der Waals surface area contributed by atoms with Gasteiger partial charge in [-0.2, -0.15) is 9.97 Å². The van der Waals surface area contributed by atoms with Crippen molar-refractivity contribution < 1.29 is 42.9 Å². The number of carbonyl (C=O) groups is 3. The van der Waals surface area contributed by atoms with Gasteiger partial charge in [0.25, 0.3) is 5.91 Å². The second-order valence-electron chi connectivity index (χ2n) is 9.96. The number of nitrogens with two attached hydrogens (primary N) is 2. The van der Waals surface area contributed by atoms with Gasteiger partial charge in [-0.05, 0) is 19.3 Å². The average Bonchev–Trinajstić information content (AvgIpc) is 3.48. The highest BCUT2D eigenvalue weighted by Gasteiger charge is 2.47. The van der Waals surface area contributed by atoms with Gasteiger partial charge in [0.05, 0.1) is 12.6 Å². The first-order valence-corrected chi connectivity index (χ1v) is 15.4. The van der Waals surface area contributed by atoms with Crippen molar-refractivity contribution in [2.45, 2.75) is 62.7 Å². The van der Waals surface area contributed by atoms with Crippen LogP contribution >= 0.6 is 0 Å². The van der Waals surface area contributed by atoms with Crippen LogP contribution in [0.4, 0.5) is 11.8 Å². The molecule has 2 aromatic heterocycles. The lowest BCUT2D eigenvalue weighted by Crippen LogP contribution is -2.44. The van der Waals surface area contributed by atoms with Gasteiger partial charge in [-0.25, -0.2) is 18.1 Å². The van der Waals surface area contributed by atoms with Crippen molar-refractivity contribution in [2.75, 3.05) is 43.5 Å². The highest BCUT2D eigenvalue weighted by Crippen LogP contribution is 2.32. The van der Waals surface area contributed by atoms with Gasteiger partial charge < -0.3 is 47.5 Å². The third-order valence-electron chi connectivity index (χ3n) is 6.47. The number of anilines is 2. The van der Waals surface area contributed by atoms with Crippen LogP contribution in [0.1, 0.15) is 38.3 Å². The van der Waals surface area contributed by atoms with Crippen molar-refractivity contribution >= 4 is 50.7 Å². The lowest BCUT2D eigenvalue weighted by Gasteiger charge is -2.17. The molecule has 1 aliphatic rings. The second-order valence-corrected chi connectivity index (χ2v) is 11.8. The van der Waals surface area contributed by atoms with E-state index in [1.807, 2.05) is 0 Å². The van der Waals surface area contributed by atoms with Crippen LogP contribution in [-0.2, 0) is 29.1 Å². The fourth-order valence-corrected chi connectivity index (χ4v) is 4.71. The first-order chi connectivity index (χ1) is 20.3. The molecule has 1 aliphatic heterocycles. The zero-order valence-corrected chi connectivity index (χ0v) is 24.3. The monoisotopic (exact) mass is 630 g/mol. The van der Waals surface area contributed by atoms with E-state index in [2.05, 4.69) is 35.6 Å². The highest BCUT2D eigenvalue weighted by atomic mass is 32.2. The summed E-state index contributed by atoms with van der Waals surface area (Å²) in [6.07, 6.45) is -1.37. The lowest BCUT2D eigenvalue weighted by molar-refractivity contribution is -0.140. The number of sulfonamides is 1. The van der Waals surface area contributed by atoms with Crippen molar-refractivity contribution in [3.8, 4) is 0 Å². The molecule has 3 rings (SSSR count). The van der Waals surface area contributed by atoms with E-state index in [9.17, 15) is 33.0 Å². The Bertz CT molecular complexity index is 1390. The Morgan fingerprint density at radius 1 is 1.07 bits per heavy atom. The lowest BCUT2D eigenvalue weighted by atomic mass is 10.1. The minimum atomic E-state index is -3.22. The van der Waals surface area contributed by atoms with Crippen LogP contribution in [0, 0.1) is 0 Å². The first kappa shape index (κ1) is 33.8. The number of nitrogens with one attached hydrogen (secondary N) is 4. The number of hydrogen-bond donors (Lipinski definition) is 9. The molecule has 43 heavy (non-hydrogen) atoms. The topological polar surface area (TPSA) is 299 Å². The average molecular weight is 631 g/mol. The van der Waals surface area contributed by atoms with Crippen molar-refractivity contribution in [3.63, 3.8) is 0 Å². The number of nitrogen functional groups attached to an aromatic ring is 1. The number of ether oxygens (including phenoxy) is 1. The SMILES string of the molecule is CS(=O)(=O)NCCCCCC(=O)NCCNc1nc(N)c2ncn([C@@H]3O[C@H](C(=O)NCC[C@H](N)C(=O)O)[C@@H](O)[C@H]3O)c2n1. The number of carbonyl (C=O) groups excluding carboxylic acids is 2. The number of aliphatic hydroxyl groups is 2. The van der Waals surface area contributed by atoms with E-state index in [4.69, 9.17) is 21.3 Å². The number of rotatable bonds is 17. The Hall–Kier alpha value is -3.69. The number of amides is 2. The molecule has 5 atom stereocenters. The molecule has 0 saturated carbocycles. The number of hydrogen-bond acceptors (Lipinski definition) is 14. The number of aromatic nitrogens is 4. The van der Waals surface area contributed by atoms with E-state index in [1.54, 1.807) is 0 Å². The van der Waals surface area contributed by atoms with Crippen molar-refractivity contribution in [1.82, 2.24) is 34.9 Å². The van der Waals surface area contributed by atoms with Crippen LogP contribution in [-0.4, -0.2) is 118 Å². The van der Waals surface area contributed by atoms with Gasteiger partial charge in [0.2, 0.25) is 21.9 Å². The summed E-state index contributed by atoms with van der Waals surface area (Å²) in [4.78, 5) is 48.1. The zero-order chi connectivity index (χ0) is 31.7. The van der Waals surface area contributed by atoms with Crippen molar-refractivity contribution in [1.29, 1.82) is 0 Å². The molecule has 1 fully saturated rings. The fraction of sp³-hybridized carbons (Fsp3) is 0.652. The molecule has 20 heteroatoms. The summed E-state index contributed by atoms with van der Waals surface area (Å²) in [7, 11) is -3.22. The Morgan fingerprint density at radius 2 is 1.81 bits per heavy atom. The highest BCUT2D eigenvalue weighted by molar-refractivity contribution is 7.88. The zero-order valence-electron chi connectivity index (χ0n) is 23.5. The third-order valence-corrected chi connectivity index (χ3v) is 7.19. The summed E-state index contributed by atoms with van der Waals surface area (Å²) >= 11 is 0. The molecule has 0 spiro atoms. The molecule has 11 N–H and O–H groups in total. The minimum Gasteiger partial charge on any atom is -0.480 e. The third kappa shape index (κ3) is 9.66. The summed E-state index contributed by atoms with van der Waals surface area (Å²) < 4.78 is 31.4. The molecule has 0 aromatic carbocycles. The van der Waals surface area contributed by atoms with E-state index < -0.39 is 52.5 Å². The van der Waals surface area contributed by atoms with Gasteiger partial charge in [-0.1, -0.05) is 6.42 Å². The fourth-order valence-electron chi connectivity index (χ4n) is 4.19. The smallest absolute Gasteiger partial charge is 0.320 e. The first-order valence-electron chi connectivity index (χ1n) is 13.5. The molecular formula is C23H38N10O9S. The Kier molecular flexibility index (Phi) is 11.9. The number of fused-ring (bicyclic) bond motifs is 1. The van der Waals surface area contributed by atoms with Gasteiger partial charge in [0.1, 0.15) is 23.8 Å². The molecule has 2 aromatic rings. The molecular weight excluding hydrogens is 592 g/mol. The number of carboxylic acids is 1. The van der Waals surface area contributed by atoms with Gasteiger partial charge in [0.15, 0.2) is 23.8 Å². The standard InChI is InChI=1S/C23H38N10O9S/c1-43(40,41)30-7-4-2-3-5-13(34)26-9-10-28-23-31-18(25)14-19(32-23)33(11-29-14)21-16(36)15(35)17(42-21)20(37)27-8-6-12(24)22(38)39/h11-12,15-17,21,30,35-36H,2-10,24H2,1H3,(H,26,34)(H,27,37)(H,38,39)(H3,25,28,31,32)/t12-,15-,16+,17-,21+/m0/s1. The van der Waals surface area contributed by atoms with E-state index in [0.717, 1.165) is 6.26 Å². The summed E-state index contributed by atoms with van der Waals surface area (Å²) in [6.45, 7) is 0.737. The Labute approximate surface area is 246 Å². The van der Waals surface area contributed by atoms with Crippen LogP contribution in [0.15, 0.2) is 6.33 Å². The van der Waals surface area contributed by atoms with E-state index in [1.165, 1.54) is 10.9 Å². The van der Waals surface area contributed by atoms with Gasteiger partial charge >= 0.3 is 5.97 Å².